The van der Waals surface area contributed by atoms with Crippen molar-refractivity contribution in [3.8, 4) is 5.75 Å². The van der Waals surface area contributed by atoms with Gasteiger partial charge in [-0.25, -0.2) is 0 Å². The minimum atomic E-state index is -0.131. The molecule has 0 radical (unpaired) electrons. The second-order valence-corrected chi connectivity index (χ2v) is 4.85. The predicted octanol–water partition coefficient (Wildman–Crippen LogP) is 3.84. The third-order valence-corrected chi connectivity index (χ3v) is 3.56. The molecule has 1 aliphatic rings. The lowest BCUT2D eigenvalue weighted by molar-refractivity contribution is -0.110. The maximum atomic E-state index is 12.1. The van der Waals surface area contributed by atoms with Crippen LogP contribution in [0.5, 0.6) is 5.75 Å². The van der Waals surface area contributed by atoms with Crippen molar-refractivity contribution in [2.24, 2.45) is 0 Å². The molecule has 0 spiro atoms. The Balaban J connectivity index is 2.12. The Morgan fingerprint density at radius 3 is 2.75 bits per heavy atom. The van der Waals surface area contributed by atoms with Crippen molar-refractivity contribution in [1.82, 2.24) is 0 Å². The SMILES string of the molecule is COc1ccc2c(c1)/C(=C\c1ccccc1Cl)C(=O)N2. The molecule has 0 unspecified atom stereocenters. The topological polar surface area (TPSA) is 38.3 Å². The lowest BCUT2D eigenvalue weighted by atomic mass is 10.0. The van der Waals surface area contributed by atoms with Gasteiger partial charge in [-0.3, -0.25) is 4.79 Å². The van der Waals surface area contributed by atoms with Gasteiger partial charge in [0.05, 0.1) is 7.11 Å². The maximum Gasteiger partial charge on any atom is 0.256 e. The minimum absolute atomic E-state index is 0.131. The molecule has 3 rings (SSSR count). The number of ether oxygens (including phenoxy) is 1. The number of methoxy groups -OCH3 is 1. The highest BCUT2D eigenvalue weighted by Crippen LogP contribution is 2.36. The Labute approximate surface area is 121 Å². The standard InChI is InChI=1S/C16H12ClNO2/c1-20-11-6-7-15-12(9-11)13(16(19)18-15)8-10-4-2-3-5-14(10)17/h2-9H,1H3,(H,18,19)/b13-8+. The highest BCUT2D eigenvalue weighted by molar-refractivity contribution is 6.37. The number of halogens is 1. The summed E-state index contributed by atoms with van der Waals surface area (Å²) in [4.78, 5) is 12.1. The number of rotatable bonds is 2. The summed E-state index contributed by atoms with van der Waals surface area (Å²) in [5.41, 5.74) is 3.02. The van der Waals surface area contributed by atoms with Gasteiger partial charge in [0.15, 0.2) is 0 Å². The molecule has 0 fully saturated rings. The first-order valence-electron chi connectivity index (χ1n) is 6.15. The quantitative estimate of drug-likeness (QED) is 0.851. The molecule has 2 aromatic rings. The van der Waals surface area contributed by atoms with Crippen LogP contribution in [0, 0.1) is 0 Å². The van der Waals surface area contributed by atoms with Crippen LogP contribution in [0.3, 0.4) is 0 Å². The molecule has 1 N–H and O–H groups in total. The highest BCUT2D eigenvalue weighted by atomic mass is 35.5. The third kappa shape index (κ3) is 2.17. The van der Waals surface area contributed by atoms with Gasteiger partial charge in [0.1, 0.15) is 5.75 Å². The van der Waals surface area contributed by atoms with Crippen LogP contribution in [0.4, 0.5) is 5.69 Å². The predicted molar refractivity (Wildman–Crippen MR) is 80.9 cm³/mol. The van der Waals surface area contributed by atoms with Crippen molar-refractivity contribution in [3.63, 3.8) is 0 Å². The second-order valence-electron chi connectivity index (χ2n) is 4.45. The molecule has 2 aromatic carbocycles. The van der Waals surface area contributed by atoms with Gasteiger partial charge in [0.2, 0.25) is 0 Å². The average molecular weight is 286 g/mol. The number of hydrogen-bond acceptors (Lipinski definition) is 2. The number of amides is 1. The van der Waals surface area contributed by atoms with Gasteiger partial charge >= 0.3 is 0 Å². The van der Waals surface area contributed by atoms with Crippen molar-refractivity contribution in [2.75, 3.05) is 12.4 Å². The number of benzene rings is 2. The molecule has 0 aromatic heterocycles. The van der Waals surface area contributed by atoms with Gasteiger partial charge in [-0.1, -0.05) is 29.8 Å². The van der Waals surface area contributed by atoms with Crippen molar-refractivity contribution >= 4 is 34.8 Å². The van der Waals surface area contributed by atoms with Crippen LogP contribution in [-0.4, -0.2) is 13.0 Å². The van der Waals surface area contributed by atoms with Crippen LogP contribution in [0.2, 0.25) is 5.02 Å². The van der Waals surface area contributed by atoms with Crippen LogP contribution < -0.4 is 10.1 Å². The summed E-state index contributed by atoms with van der Waals surface area (Å²) in [6.45, 7) is 0. The summed E-state index contributed by atoms with van der Waals surface area (Å²) in [5.74, 6) is 0.582. The monoisotopic (exact) mass is 285 g/mol. The Morgan fingerprint density at radius 1 is 1.20 bits per heavy atom. The van der Waals surface area contributed by atoms with E-state index in [4.69, 9.17) is 16.3 Å². The van der Waals surface area contributed by atoms with Gasteiger partial charge in [0, 0.05) is 21.8 Å². The molecule has 1 heterocycles. The molecule has 100 valence electrons. The van der Waals surface area contributed by atoms with Crippen molar-refractivity contribution < 1.29 is 9.53 Å². The van der Waals surface area contributed by atoms with E-state index in [1.165, 1.54) is 0 Å². The van der Waals surface area contributed by atoms with Gasteiger partial charge in [-0.2, -0.15) is 0 Å². The van der Waals surface area contributed by atoms with Crippen LogP contribution in [-0.2, 0) is 4.79 Å². The zero-order chi connectivity index (χ0) is 14.1. The first-order valence-corrected chi connectivity index (χ1v) is 6.53. The fraction of sp³-hybridized carbons (Fsp3) is 0.0625. The van der Waals surface area contributed by atoms with Crippen LogP contribution in [0.25, 0.3) is 11.6 Å². The van der Waals surface area contributed by atoms with E-state index in [2.05, 4.69) is 5.32 Å². The number of carbonyl (C=O) groups is 1. The summed E-state index contributed by atoms with van der Waals surface area (Å²) in [5, 5.41) is 3.45. The molecule has 0 saturated heterocycles. The number of carbonyl (C=O) groups excluding carboxylic acids is 1. The zero-order valence-corrected chi connectivity index (χ0v) is 11.6. The van der Waals surface area contributed by atoms with E-state index >= 15 is 0 Å². The van der Waals surface area contributed by atoms with E-state index in [0.29, 0.717) is 16.3 Å². The normalized spacial score (nSPS) is 15.1. The summed E-state index contributed by atoms with van der Waals surface area (Å²) < 4.78 is 5.20. The number of hydrogen-bond donors (Lipinski definition) is 1. The molecule has 1 aliphatic heterocycles. The Kier molecular flexibility index (Phi) is 3.20. The average Bonchev–Trinajstić information content (AvgIpc) is 2.77. The highest BCUT2D eigenvalue weighted by Gasteiger charge is 2.24. The number of fused-ring (bicyclic) bond motifs is 1. The van der Waals surface area contributed by atoms with Crippen molar-refractivity contribution in [1.29, 1.82) is 0 Å². The lowest BCUT2D eigenvalue weighted by Gasteiger charge is -2.03. The van der Waals surface area contributed by atoms with E-state index in [-0.39, 0.29) is 5.91 Å². The van der Waals surface area contributed by atoms with E-state index in [1.54, 1.807) is 19.3 Å². The smallest absolute Gasteiger partial charge is 0.256 e. The Bertz CT molecular complexity index is 722. The van der Waals surface area contributed by atoms with E-state index in [9.17, 15) is 4.79 Å². The first-order chi connectivity index (χ1) is 9.69. The molecule has 0 aliphatic carbocycles. The van der Waals surface area contributed by atoms with Crippen LogP contribution in [0.1, 0.15) is 11.1 Å². The second kappa shape index (κ2) is 5.02. The van der Waals surface area contributed by atoms with Crippen molar-refractivity contribution in [2.45, 2.75) is 0 Å². The molecular weight excluding hydrogens is 274 g/mol. The number of anilines is 1. The molecule has 1 amide bonds. The summed E-state index contributed by atoms with van der Waals surface area (Å²) in [6.07, 6.45) is 1.79. The van der Waals surface area contributed by atoms with E-state index in [0.717, 1.165) is 16.8 Å². The third-order valence-electron chi connectivity index (χ3n) is 3.21. The molecule has 20 heavy (non-hydrogen) atoms. The summed E-state index contributed by atoms with van der Waals surface area (Å²) >= 11 is 6.14. The lowest BCUT2D eigenvalue weighted by Crippen LogP contribution is -2.03. The fourth-order valence-electron chi connectivity index (χ4n) is 2.19. The van der Waals surface area contributed by atoms with Gasteiger partial charge in [-0.05, 0) is 35.9 Å². The molecule has 3 nitrogen and oxygen atoms in total. The Morgan fingerprint density at radius 2 is 2.00 bits per heavy atom. The fourth-order valence-corrected chi connectivity index (χ4v) is 2.38. The summed E-state index contributed by atoms with van der Waals surface area (Å²) in [6, 6.07) is 12.9. The first kappa shape index (κ1) is 12.8. The van der Waals surface area contributed by atoms with E-state index < -0.39 is 0 Å². The summed E-state index contributed by atoms with van der Waals surface area (Å²) in [7, 11) is 1.60. The molecular formula is C16H12ClNO2. The number of nitrogens with one attached hydrogen (secondary N) is 1. The Hall–Kier alpha value is -2.26. The zero-order valence-electron chi connectivity index (χ0n) is 10.8. The largest absolute Gasteiger partial charge is 0.497 e. The molecule has 4 heteroatoms. The van der Waals surface area contributed by atoms with Gasteiger partial charge in [0.25, 0.3) is 5.91 Å². The van der Waals surface area contributed by atoms with Gasteiger partial charge < -0.3 is 10.1 Å². The molecule has 0 saturated carbocycles. The van der Waals surface area contributed by atoms with Gasteiger partial charge in [-0.15, -0.1) is 0 Å². The minimum Gasteiger partial charge on any atom is -0.497 e. The van der Waals surface area contributed by atoms with E-state index in [1.807, 2.05) is 36.4 Å². The van der Waals surface area contributed by atoms with Crippen LogP contribution >= 0.6 is 11.6 Å². The molecule has 0 atom stereocenters. The maximum absolute atomic E-state index is 12.1. The van der Waals surface area contributed by atoms with Crippen LogP contribution in [0.15, 0.2) is 42.5 Å². The van der Waals surface area contributed by atoms with Crippen molar-refractivity contribution in [3.05, 3.63) is 58.6 Å². The molecule has 0 bridgehead atoms.